The van der Waals surface area contributed by atoms with Gasteiger partial charge in [-0.25, -0.2) is 8.42 Å². The summed E-state index contributed by atoms with van der Waals surface area (Å²) < 4.78 is 28.0. The fourth-order valence-corrected chi connectivity index (χ4v) is 5.72. The molecular formula is C31H32N4O3S. The van der Waals surface area contributed by atoms with E-state index >= 15 is 0 Å². The SMILES string of the molecule is Cc1cccc(NS(=O)(=O)c2ccc(NC(=O)c3ccc(CN4CCN(c5ccccc5)CC4)cc3)cc2)c1. The minimum Gasteiger partial charge on any atom is -0.369 e. The van der Waals surface area contributed by atoms with Crippen molar-refractivity contribution >= 4 is 33.0 Å². The van der Waals surface area contributed by atoms with Gasteiger partial charge >= 0.3 is 0 Å². The molecule has 8 heteroatoms. The number of amides is 1. The minimum atomic E-state index is -3.73. The van der Waals surface area contributed by atoms with Gasteiger partial charge in [-0.2, -0.15) is 0 Å². The number of aryl methyl sites for hydroxylation is 1. The summed E-state index contributed by atoms with van der Waals surface area (Å²) in [5.74, 6) is -0.244. The number of carbonyl (C=O) groups is 1. The quantitative estimate of drug-likeness (QED) is 0.314. The molecule has 39 heavy (non-hydrogen) atoms. The fourth-order valence-electron chi connectivity index (χ4n) is 4.67. The Morgan fingerprint density at radius 2 is 1.46 bits per heavy atom. The van der Waals surface area contributed by atoms with Crippen LogP contribution in [0.25, 0.3) is 0 Å². The number of para-hydroxylation sites is 1. The summed E-state index contributed by atoms with van der Waals surface area (Å²) in [6, 6.07) is 31.4. The van der Waals surface area contributed by atoms with Gasteiger partial charge in [0.05, 0.1) is 4.90 Å². The van der Waals surface area contributed by atoms with Gasteiger partial charge in [0.1, 0.15) is 0 Å². The monoisotopic (exact) mass is 540 g/mol. The first-order chi connectivity index (χ1) is 18.9. The predicted molar refractivity (Wildman–Crippen MR) is 157 cm³/mol. The lowest BCUT2D eigenvalue weighted by atomic mass is 10.1. The largest absolute Gasteiger partial charge is 0.369 e. The highest BCUT2D eigenvalue weighted by molar-refractivity contribution is 7.92. The van der Waals surface area contributed by atoms with Gasteiger partial charge in [-0.15, -0.1) is 0 Å². The van der Waals surface area contributed by atoms with Crippen LogP contribution in [-0.2, 0) is 16.6 Å². The molecule has 1 heterocycles. The highest BCUT2D eigenvalue weighted by atomic mass is 32.2. The van der Waals surface area contributed by atoms with Crippen molar-refractivity contribution in [1.29, 1.82) is 0 Å². The first-order valence-electron chi connectivity index (χ1n) is 13.0. The highest BCUT2D eigenvalue weighted by Gasteiger charge is 2.18. The van der Waals surface area contributed by atoms with E-state index in [4.69, 9.17) is 0 Å². The summed E-state index contributed by atoms with van der Waals surface area (Å²) in [6.45, 7) is 6.71. The summed E-state index contributed by atoms with van der Waals surface area (Å²) in [6.07, 6.45) is 0. The molecule has 200 valence electrons. The Morgan fingerprint density at radius 3 is 2.13 bits per heavy atom. The number of anilines is 3. The molecule has 1 fully saturated rings. The van der Waals surface area contributed by atoms with Crippen molar-refractivity contribution in [3.63, 3.8) is 0 Å². The van der Waals surface area contributed by atoms with Gasteiger partial charge in [-0.1, -0.05) is 42.5 Å². The van der Waals surface area contributed by atoms with Crippen LogP contribution in [0.5, 0.6) is 0 Å². The van der Waals surface area contributed by atoms with Crippen LogP contribution < -0.4 is 14.9 Å². The molecule has 5 rings (SSSR count). The second kappa shape index (κ2) is 11.7. The molecule has 1 aliphatic heterocycles. The lowest BCUT2D eigenvalue weighted by molar-refractivity contribution is 0.102. The fraction of sp³-hybridized carbons (Fsp3) is 0.194. The van der Waals surface area contributed by atoms with Crippen LogP contribution in [0.4, 0.5) is 17.1 Å². The average molecular weight is 541 g/mol. The average Bonchev–Trinajstić information content (AvgIpc) is 2.94. The van der Waals surface area contributed by atoms with Crippen LogP contribution in [0, 0.1) is 6.92 Å². The van der Waals surface area contributed by atoms with Gasteiger partial charge in [-0.05, 0) is 78.7 Å². The Morgan fingerprint density at radius 1 is 0.769 bits per heavy atom. The molecule has 0 spiro atoms. The van der Waals surface area contributed by atoms with E-state index in [1.54, 1.807) is 30.3 Å². The smallest absolute Gasteiger partial charge is 0.261 e. The number of nitrogens with one attached hydrogen (secondary N) is 2. The molecule has 7 nitrogen and oxygen atoms in total. The van der Waals surface area contributed by atoms with E-state index in [1.165, 1.54) is 17.8 Å². The second-order valence-corrected chi connectivity index (χ2v) is 11.4. The van der Waals surface area contributed by atoms with Crippen LogP contribution >= 0.6 is 0 Å². The second-order valence-electron chi connectivity index (χ2n) is 9.75. The third kappa shape index (κ3) is 6.85. The van der Waals surface area contributed by atoms with Crippen molar-refractivity contribution in [3.8, 4) is 0 Å². The van der Waals surface area contributed by atoms with E-state index in [2.05, 4.69) is 44.1 Å². The maximum absolute atomic E-state index is 12.8. The van der Waals surface area contributed by atoms with Crippen LogP contribution in [0.15, 0.2) is 108 Å². The number of hydrogen-bond donors (Lipinski definition) is 2. The van der Waals surface area contributed by atoms with Crippen molar-refractivity contribution in [1.82, 2.24) is 4.90 Å². The van der Waals surface area contributed by atoms with E-state index < -0.39 is 10.0 Å². The Labute approximate surface area is 230 Å². The third-order valence-corrected chi connectivity index (χ3v) is 8.21. The first kappa shape index (κ1) is 26.5. The van der Waals surface area contributed by atoms with Gasteiger partial charge in [0.2, 0.25) is 0 Å². The molecule has 0 saturated carbocycles. The topological polar surface area (TPSA) is 81.8 Å². The van der Waals surface area contributed by atoms with Crippen LogP contribution in [0.1, 0.15) is 21.5 Å². The maximum atomic E-state index is 12.8. The Kier molecular flexibility index (Phi) is 7.95. The van der Waals surface area contributed by atoms with Crippen molar-refractivity contribution in [2.75, 3.05) is 41.1 Å². The molecule has 2 N–H and O–H groups in total. The van der Waals surface area contributed by atoms with Crippen LogP contribution in [0.3, 0.4) is 0 Å². The molecule has 0 aromatic heterocycles. The van der Waals surface area contributed by atoms with Gasteiger partial charge < -0.3 is 10.2 Å². The van der Waals surface area contributed by atoms with Crippen LogP contribution in [0.2, 0.25) is 0 Å². The van der Waals surface area contributed by atoms with Crippen molar-refractivity contribution in [3.05, 3.63) is 120 Å². The molecule has 1 aliphatic rings. The van der Waals surface area contributed by atoms with Crippen molar-refractivity contribution < 1.29 is 13.2 Å². The van der Waals surface area contributed by atoms with E-state index in [0.29, 0.717) is 16.9 Å². The molecule has 0 atom stereocenters. The zero-order valence-corrected chi connectivity index (χ0v) is 22.7. The Hall–Kier alpha value is -4.14. The molecule has 1 saturated heterocycles. The summed E-state index contributed by atoms with van der Waals surface area (Å²) in [4.78, 5) is 17.7. The zero-order chi connectivity index (χ0) is 27.2. The molecule has 1 amide bonds. The zero-order valence-electron chi connectivity index (χ0n) is 21.9. The molecule has 0 unspecified atom stereocenters. The lowest BCUT2D eigenvalue weighted by Gasteiger charge is -2.36. The lowest BCUT2D eigenvalue weighted by Crippen LogP contribution is -2.45. The molecule has 0 radical (unpaired) electrons. The Bertz CT molecular complexity index is 1510. The third-order valence-electron chi connectivity index (χ3n) is 6.81. The van der Waals surface area contributed by atoms with Gasteiger partial charge in [0.15, 0.2) is 0 Å². The number of benzene rings is 4. The first-order valence-corrected chi connectivity index (χ1v) is 14.5. The van der Waals surface area contributed by atoms with Gasteiger partial charge in [0, 0.05) is 55.3 Å². The number of rotatable bonds is 8. The number of piperazine rings is 1. The Balaban J connectivity index is 1.13. The molecular weight excluding hydrogens is 508 g/mol. The van der Waals surface area contributed by atoms with E-state index in [9.17, 15) is 13.2 Å². The number of hydrogen-bond acceptors (Lipinski definition) is 5. The normalized spacial score (nSPS) is 14.1. The van der Waals surface area contributed by atoms with E-state index in [1.807, 2.05) is 43.3 Å². The standard InChI is InChI=1S/C31H32N4O3S/c1-24-6-5-7-28(22-24)33-39(37,38)30-16-14-27(15-17-30)32-31(36)26-12-10-25(11-13-26)23-34-18-20-35(21-19-34)29-8-3-2-4-9-29/h2-17,22,33H,18-21,23H2,1H3,(H,32,36). The number of carbonyl (C=O) groups excluding carboxylic acids is 1. The van der Waals surface area contributed by atoms with E-state index in [0.717, 1.165) is 43.9 Å². The summed E-state index contributed by atoms with van der Waals surface area (Å²) in [5.41, 5.74) is 4.96. The van der Waals surface area contributed by atoms with Crippen molar-refractivity contribution in [2.45, 2.75) is 18.4 Å². The minimum absolute atomic E-state index is 0.121. The summed E-state index contributed by atoms with van der Waals surface area (Å²) in [7, 11) is -3.73. The summed E-state index contributed by atoms with van der Waals surface area (Å²) >= 11 is 0. The van der Waals surface area contributed by atoms with Gasteiger partial charge in [-0.3, -0.25) is 14.4 Å². The van der Waals surface area contributed by atoms with Gasteiger partial charge in [0.25, 0.3) is 15.9 Å². The van der Waals surface area contributed by atoms with Crippen LogP contribution in [-0.4, -0.2) is 45.4 Å². The predicted octanol–water partition coefficient (Wildman–Crippen LogP) is 5.37. The summed E-state index contributed by atoms with van der Waals surface area (Å²) in [5, 5.41) is 2.85. The maximum Gasteiger partial charge on any atom is 0.261 e. The molecule has 4 aromatic rings. The number of sulfonamides is 1. The van der Waals surface area contributed by atoms with E-state index in [-0.39, 0.29) is 10.8 Å². The highest BCUT2D eigenvalue weighted by Crippen LogP contribution is 2.20. The van der Waals surface area contributed by atoms with Crippen molar-refractivity contribution in [2.24, 2.45) is 0 Å². The molecule has 4 aromatic carbocycles. The number of nitrogens with zero attached hydrogens (tertiary/aromatic N) is 2. The molecule has 0 aliphatic carbocycles. The molecule has 0 bridgehead atoms.